The summed E-state index contributed by atoms with van der Waals surface area (Å²) in [6.45, 7) is 1.99. The zero-order chi connectivity index (χ0) is 21.3. The number of aliphatic hydroxyl groups is 1. The molecule has 0 saturated heterocycles. The normalized spacial score (nSPS) is 18.5. The Morgan fingerprint density at radius 1 is 1.17 bits per heavy atom. The first kappa shape index (κ1) is 20.9. The van der Waals surface area contributed by atoms with Gasteiger partial charge in [0.25, 0.3) is 5.91 Å². The van der Waals surface area contributed by atoms with E-state index in [0.29, 0.717) is 34.4 Å². The number of carbonyl (C=O) groups is 1. The first-order valence-electron chi connectivity index (χ1n) is 10.1. The Kier molecular flexibility index (Phi) is 6.14. The molecule has 1 fully saturated rings. The molecule has 2 atom stereocenters. The Balaban J connectivity index is 1.85. The maximum atomic E-state index is 13.1. The monoisotopic (exact) mass is 443 g/mol. The van der Waals surface area contributed by atoms with Crippen LogP contribution >= 0.6 is 23.2 Å². The van der Waals surface area contributed by atoms with E-state index in [4.69, 9.17) is 28.2 Å². The number of hydrogen-bond donors (Lipinski definition) is 2. The van der Waals surface area contributed by atoms with Gasteiger partial charge in [0.1, 0.15) is 11.5 Å². The van der Waals surface area contributed by atoms with E-state index in [-0.39, 0.29) is 11.9 Å². The Morgan fingerprint density at radius 2 is 1.90 bits per heavy atom. The Labute approximate surface area is 185 Å². The molecule has 4 rings (SSSR count). The Hall–Kier alpha value is -2.34. The molecule has 0 unspecified atom stereocenters. The van der Waals surface area contributed by atoms with Crippen LogP contribution in [0.1, 0.15) is 42.4 Å². The molecule has 5 nitrogen and oxygen atoms in total. The summed E-state index contributed by atoms with van der Waals surface area (Å²) in [6.07, 6.45) is 2.45. The standard InChI is InChI=1S/C23H23Cl2N3O2/c1-2-19-21(23(30)26-18-8-5-9-20(18)29)27-22(16-6-3-4-7-17(16)25)28(19)15-12-10-14(24)11-13-15/h3-4,6-7,10-13,18,20,29H,2,5,8-9H2,1H3,(H,26,30)/t18-,20-/m0/s1. The first-order chi connectivity index (χ1) is 14.5. The largest absolute Gasteiger partial charge is 0.391 e. The highest BCUT2D eigenvalue weighted by molar-refractivity contribution is 6.33. The molecule has 1 amide bonds. The lowest BCUT2D eigenvalue weighted by atomic mass is 10.2. The Bertz CT molecular complexity index is 1060. The summed E-state index contributed by atoms with van der Waals surface area (Å²) in [5.74, 6) is 0.315. The van der Waals surface area contributed by atoms with Crippen LogP contribution in [0.2, 0.25) is 10.0 Å². The van der Waals surface area contributed by atoms with Crippen molar-refractivity contribution in [2.75, 3.05) is 0 Å². The average Bonchev–Trinajstić information content (AvgIpc) is 3.32. The van der Waals surface area contributed by atoms with E-state index in [0.717, 1.165) is 29.8 Å². The zero-order valence-electron chi connectivity index (χ0n) is 16.6. The number of rotatable bonds is 5. The summed E-state index contributed by atoms with van der Waals surface area (Å²) in [4.78, 5) is 17.9. The van der Waals surface area contributed by atoms with Gasteiger partial charge in [0.2, 0.25) is 0 Å². The van der Waals surface area contributed by atoms with Crippen molar-refractivity contribution in [3.63, 3.8) is 0 Å². The van der Waals surface area contributed by atoms with Gasteiger partial charge < -0.3 is 10.4 Å². The summed E-state index contributed by atoms with van der Waals surface area (Å²) in [6, 6.07) is 14.6. The number of aliphatic hydroxyl groups excluding tert-OH is 1. The molecule has 30 heavy (non-hydrogen) atoms. The van der Waals surface area contributed by atoms with Crippen molar-refractivity contribution in [2.24, 2.45) is 0 Å². The van der Waals surface area contributed by atoms with Gasteiger partial charge in [0, 0.05) is 16.3 Å². The third-order valence-electron chi connectivity index (χ3n) is 5.52. The fraction of sp³-hybridized carbons (Fsp3) is 0.304. The molecule has 2 aromatic carbocycles. The second-order valence-corrected chi connectivity index (χ2v) is 8.30. The van der Waals surface area contributed by atoms with Gasteiger partial charge in [-0.05, 0) is 62.1 Å². The lowest BCUT2D eigenvalue weighted by Crippen LogP contribution is -2.40. The summed E-state index contributed by atoms with van der Waals surface area (Å²) >= 11 is 12.6. The molecular weight excluding hydrogens is 421 g/mol. The highest BCUT2D eigenvalue weighted by Gasteiger charge is 2.30. The molecule has 7 heteroatoms. The van der Waals surface area contributed by atoms with E-state index in [2.05, 4.69) is 5.32 Å². The SMILES string of the molecule is CCc1c(C(=O)N[C@H]2CCC[C@@H]2O)nc(-c2ccccc2Cl)n1-c1ccc(Cl)cc1. The minimum Gasteiger partial charge on any atom is -0.391 e. The molecule has 1 aromatic heterocycles. The number of hydrogen-bond acceptors (Lipinski definition) is 3. The summed E-state index contributed by atoms with van der Waals surface area (Å²) in [7, 11) is 0. The van der Waals surface area contributed by atoms with Crippen molar-refractivity contribution in [1.29, 1.82) is 0 Å². The van der Waals surface area contributed by atoms with Gasteiger partial charge in [-0.1, -0.05) is 42.3 Å². The Morgan fingerprint density at radius 3 is 2.53 bits per heavy atom. The molecule has 0 aliphatic heterocycles. The number of amides is 1. The topological polar surface area (TPSA) is 67.2 Å². The molecule has 2 N–H and O–H groups in total. The van der Waals surface area contributed by atoms with E-state index >= 15 is 0 Å². The zero-order valence-corrected chi connectivity index (χ0v) is 18.1. The van der Waals surface area contributed by atoms with E-state index in [1.807, 2.05) is 41.8 Å². The van der Waals surface area contributed by atoms with Gasteiger partial charge in [-0.2, -0.15) is 0 Å². The van der Waals surface area contributed by atoms with Crippen LogP contribution in [-0.2, 0) is 6.42 Å². The van der Waals surface area contributed by atoms with Crippen LogP contribution in [0.15, 0.2) is 48.5 Å². The van der Waals surface area contributed by atoms with Crippen molar-refractivity contribution < 1.29 is 9.90 Å². The first-order valence-corrected chi connectivity index (χ1v) is 10.9. The molecule has 0 radical (unpaired) electrons. The molecule has 1 heterocycles. The predicted molar refractivity (Wildman–Crippen MR) is 120 cm³/mol. The predicted octanol–water partition coefficient (Wildman–Crippen LogP) is 5.05. The van der Waals surface area contributed by atoms with Gasteiger partial charge in [0.05, 0.1) is 22.9 Å². The number of nitrogens with zero attached hydrogens (tertiary/aromatic N) is 2. The van der Waals surface area contributed by atoms with Crippen LogP contribution in [0.4, 0.5) is 0 Å². The van der Waals surface area contributed by atoms with Crippen molar-refractivity contribution >= 4 is 29.1 Å². The summed E-state index contributed by atoms with van der Waals surface area (Å²) in [5, 5.41) is 14.3. The number of halogens is 2. The van der Waals surface area contributed by atoms with Crippen molar-refractivity contribution in [1.82, 2.24) is 14.9 Å². The molecule has 1 saturated carbocycles. The van der Waals surface area contributed by atoms with Crippen LogP contribution in [-0.4, -0.2) is 32.7 Å². The van der Waals surface area contributed by atoms with Crippen molar-refractivity contribution in [2.45, 2.75) is 44.8 Å². The lowest BCUT2D eigenvalue weighted by Gasteiger charge is -2.16. The van der Waals surface area contributed by atoms with Crippen LogP contribution in [0.3, 0.4) is 0 Å². The molecule has 1 aliphatic carbocycles. The van der Waals surface area contributed by atoms with Crippen LogP contribution < -0.4 is 5.32 Å². The van der Waals surface area contributed by atoms with E-state index < -0.39 is 6.10 Å². The maximum Gasteiger partial charge on any atom is 0.272 e. The minimum atomic E-state index is -0.514. The van der Waals surface area contributed by atoms with Crippen molar-refractivity contribution in [3.8, 4) is 17.1 Å². The quantitative estimate of drug-likeness (QED) is 0.579. The highest BCUT2D eigenvalue weighted by atomic mass is 35.5. The van der Waals surface area contributed by atoms with Crippen LogP contribution in [0, 0.1) is 0 Å². The number of imidazole rings is 1. The van der Waals surface area contributed by atoms with Crippen LogP contribution in [0.25, 0.3) is 17.1 Å². The van der Waals surface area contributed by atoms with E-state index in [1.165, 1.54) is 0 Å². The summed E-state index contributed by atoms with van der Waals surface area (Å²) in [5.41, 5.74) is 2.71. The third kappa shape index (κ3) is 3.97. The molecule has 0 spiro atoms. The number of carbonyl (C=O) groups excluding carboxylic acids is 1. The van der Waals surface area contributed by atoms with Gasteiger partial charge in [-0.25, -0.2) is 4.98 Å². The van der Waals surface area contributed by atoms with Gasteiger partial charge >= 0.3 is 0 Å². The highest BCUT2D eigenvalue weighted by Crippen LogP contribution is 2.32. The minimum absolute atomic E-state index is 0.244. The third-order valence-corrected chi connectivity index (χ3v) is 6.10. The fourth-order valence-electron chi connectivity index (χ4n) is 4.00. The average molecular weight is 444 g/mol. The number of benzene rings is 2. The molecule has 0 bridgehead atoms. The van der Waals surface area contributed by atoms with Crippen LogP contribution in [0.5, 0.6) is 0 Å². The summed E-state index contributed by atoms with van der Waals surface area (Å²) < 4.78 is 1.96. The second-order valence-electron chi connectivity index (χ2n) is 7.45. The molecular formula is C23H23Cl2N3O2. The van der Waals surface area contributed by atoms with Gasteiger partial charge in [-0.15, -0.1) is 0 Å². The number of aromatic nitrogens is 2. The second kappa shape index (κ2) is 8.80. The van der Waals surface area contributed by atoms with E-state index in [9.17, 15) is 9.90 Å². The maximum absolute atomic E-state index is 13.1. The lowest BCUT2D eigenvalue weighted by molar-refractivity contribution is 0.0868. The van der Waals surface area contributed by atoms with Gasteiger partial charge in [0.15, 0.2) is 0 Å². The van der Waals surface area contributed by atoms with E-state index in [1.54, 1.807) is 18.2 Å². The molecule has 3 aromatic rings. The smallest absolute Gasteiger partial charge is 0.272 e. The fourth-order valence-corrected chi connectivity index (χ4v) is 4.34. The molecule has 156 valence electrons. The van der Waals surface area contributed by atoms with Crippen molar-refractivity contribution in [3.05, 3.63) is 70.0 Å². The molecule has 1 aliphatic rings. The van der Waals surface area contributed by atoms with Gasteiger partial charge in [-0.3, -0.25) is 9.36 Å². The number of nitrogens with one attached hydrogen (secondary N) is 1.